The van der Waals surface area contributed by atoms with Crippen molar-refractivity contribution < 1.29 is 4.79 Å². The molecule has 0 bridgehead atoms. The molecule has 2 atom stereocenters. The Labute approximate surface area is 79.3 Å². The molecule has 0 aromatic rings. The summed E-state index contributed by atoms with van der Waals surface area (Å²) in [5, 5.41) is 8.39. The fraction of sp³-hybridized carbons (Fsp3) is 0.800. The molecule has 0 aromatic heterocycles. The summed E-state index contributed by atoms with van der Waals surface area (Å²) in [4.78, 5) is 13.2. The Morgan fingerprint density at radius 2 is 2.23 bits per heavy atom. The largest absolute Gasteiger partial charge is 0.342 e. The number of hydrogen-bond donors (Lipinski definition) is 0. The van der Waals surface area contributed by atoms with E-state index in [4.69, 9.17) is 5.26 Å². The van der Waals surface area contributed by atoms with Crippen molar-refractivity contribution in [2.45, 2.75) is 26.7 Å². The summed E-state index contributed by atoms with van der Waals surface area (Å²) < 4.78 is 0. The van der Waals surface area contributed by atoms with Crippen molar-refractivity contribution >= 4 is 5.91 Å². The number of nitrogens with zero attached hydrogens (tertiary/aromatic N) is 2. The Kier molecular flexibility index (Phi) is 3.30. The maximum atomic E-state index is 11.4. The van der Waals surface area contributed by atoms with Crippen molar-refractivity contribution in [3.05, 3.63) is 0 Å². The molecule has 1 aliphatic rings. The summed E-state index contributed by atoms with van der Waals surface area (Å²) in [6, 6.07) is 1.90. The van der Waals surface area contributed by atoms with Gasteiger partial charge in [-0.05, 0) is 18.3 Å². The lowest BCUT2D eigenvalue weighted by Gasteiger charge is -2.34. The highest BCUT2D eigenvalue weighted by Crippen LogP contribution is 2.22. The van der Waals surface area contributed by atoms with Crippen LogP contribution in [-0.4, -0.2) is 23.9 Å². The zero-order valence-electron chi connectivity index (χ0n) is 8.29. The van der Waals surface area contributed by atoms with Crippen LogP contribution in [0.25, 0.3) is 0 Å². The lowest BCUT2D eigenvalue weighted by molar-refractivity contribution is -0.132. The minimum Gasteiger partial charge on any atom is -0.342 e. The fourth-order valence-corrected chi connectivity index (χ4v) is 1.67. The summed E-state index contributed by atoms with van der Waals surface area (Å²) in [5.74, 6) is 1.25. The van der Waals surface area contributed by atoms with Crippen molar-refractivity contribution in [1.82, 2.24) is 4.90 Å². The molecule has 1 heterocycles. The van der Waals surface area contributed by atoms with Gasteiger partial charge in [0.2, 0.25) is 5.91 Å². The first-order valence-electron chi connectivity index (χ1n) is 4.80. The van der Waals surface area contributed by atoms with Gasteiger partial charge in [0.15, 0.2) is 0 Å². The minimum absolute atomic E-state index is 0.0127. The number of likely N-dealkylation sites (tertiary alicyclic amines) is 1. The van der Waals surface area contributed by atoms with E-state index in [9.17, 15) is 4.79 Å². The summed E-state index contributed by atoms with van der Waals surface area (Å²) in [6.45, 7) is 6.03. The highest BCUT2D eigenvalue weighted by Gasteiger charge is 2.25. The van der Waals surface area contributed by atoms with Crippen LogP contribution in [0.15, 0.2) is 0 Å². The maximum Gasteiger partial charge on any atom is 0.236 e. The first kappa shape index (κ1) is 10.0. The van der Waals surface area contributed by atoms with Gasteiger partial charge in [0, 0.05) is 13.1 Å². The van der Waals surface area contributed by atoms with Crippen LogP contribution in [0.2, 0.25) is 0 Å². The molecule has 3 heteroatoms. The van der Waals surface area contributed by atoms with Gasteiger partial charge < -0.3 is 4.90 Å². The number of amides is 1. The van der Waals surface area contributed by atoms with E-state index in [-0.39, 0.29) is 12.3 Å². The van der Waals surface area contributed by atoms with E-state index in [1.807, 2.05) is 11.0 Å². The van der Waals surface area contributed by atoms with Gasteiger partial charge in [-0.2, -0.15) is 5.26 Å². The standard InChI is InChI=1S/C10H16N2O/c1-8-4-6-12(7-9(8)2)10(13)3-5-11/h8-9H,3-4,6-7H2,1-2H3/t8-,9+/m1/s1. The fourth-order valence-electron chi connectivity index (χ4n) is 1.67. The molecular weight excluding hydrogens is 164 g/mol. The van der Waals surface area contributed by atoms with Crippen molar-refractivity contribution in [3.8, 4) is 6.07 Å². The third kappa shape index (κ3) is 2.45. The topological polar surface area (TPSA) is 44.1 Å². The van der Waals surface area contributed by atoms with Gasteiger partial charge in [-0.3, -0.25) is 4.79 Å². The van der Waals surface area contributed by atoms with Crippen LogP contribution in [0, 0.1) is 23.2 Å². The van der Waals surface area contributed by atoms with E-state index in [0.717, 1.165) is 19.5 Å². The Morgan fingerprint density at radius 1 is 1.54 bits per heavy atom. The van der Waals surface area contributed by atoms with Gasteiger partial charge in [-0.1, -0.05) is 13.8 Å². The molecule has 1 amide bonds. The van der Waals surface area contributed by atoms with Crippen LogP contribution in [-0.2, 0) is 4.79 Å². The second-order valence-electron chi connectivity index (χ2n) is 3.92. The van der Waals surface area contributed by atoms with Crippen molar-refractivity contribution in [3.63, 3.8) is 0 Å². The molecule has 1 fully saturated rings. The van der Waals surface area contributed by atoms with Crippen LogP contribution in [0.4, 0.5) is 0 Å². The molecule has 0 unspecified atom stereocenters. The van der Waals surface area contributed by atoms with E-state index in [1.54, 1.807) is 0 Å². The Morgan fingerprint density at radius 3 is 2.77 bits per heavy atom. The average Bonchev–Trinajstić information content (AvgIpc) is 2.10. The van der Waals surface area contributed by atoms with Crippen molar-refractivity contribution in [2.24, 2.45) is 11.8 Å². The van der Waals surface area contributed by atoms with Crippen LogP contribution < -0.4 is 0 Å². The van der Waals surface area contributed by atoms with Gasteiger partial charge in [0.1, 0.15) is 6.42 Å². The Bertz CT molecular complexity index is 232. The number of piperidine rings is 1. The Hall–Kier alpha value is -1.04. The zero-order chi connectivity index (χ0) is 9.84. The minimum atomic E-state index is -0.0127. The van der Waals surface area contributed by atoms with E-state index in [2.05, 4.69) is 13.8 Å². The molecule has 0 saturated carbocycles. The average molecular weight is 180 g/mol. The SMILES string of the molecule is C[C@@H]1CCN(C(=O)CC#N)C[C@@H]1C. The monoisotopic (exact) mass is 180 g/mol. The van der Waals surface area contributed by atoms with Crippen LogP contribution >= 0.6 is 0 Å². The summed E-state index contributed by atoms with van der Waals surface area (Å²) in [7, 11) is 0. The third-order valence-electron chi connectivity index (χ3n) is 2.92. The van der Waals surface area contributed by atoms with Gasteiger partial charge >= 0.3 is 0 Å². The number of rotatable bonds is 1. The normalized spacial score (nSPS) is 28.2. The predicted octanol–water partition coefficient (Wildman–Crippen LogP) is 1.40. The third-order valence-corrected chi connectivity index (χ3v) is 2.92. The quantitative estimate of drug-likeness (QED) is 0.612. The highest BCUT2D eigenvalue weighted by molar-refractivity contribution is 5.78. The molecule has 3 nitrogen and oxygen atoms in total. The smallest absolute Gasteiger partial charge is 0.236 e. The van der Waals surface area contributed by atoms with Crippen LogP contribution in [0.1, 0.15) is 26.7 Å². The summed E-state index contributed by atoms with van der Waals surface area (Å²) in [5.41, 5.74) is 0. The van der Waals surface area contributed by atoms with E-state index >= 15 is 0 Å². The molecule has 0 spiro atoms. The summed E-state index contributed by atoms with van der Waals surface area (Å²) in [6.07, 6.45) is 1.10. The predicted molar refractivity (Wildman–Crippen MR) is 49.8 cm³/mol. The number of carbonyl (C=O) groups excluding carboxylic acids is 1. The van der Waals surface area contributed by atoms with Gasteiger partial charge in [-0.25, -0.2) is 0 Å². The van der Waals surface area contributed by atoms with Crippen LogP contribution in [0.3, 0.4) is 0 Å². The first-order valence-corrected chi connectivity index (χ1v) is 4.80. The molecule has 1 rings (SSSR count). The molecule has 72 valence electrons. The molecule has 13 heavy (non-hydrogen) atoms. The number of hydrogen-bond acceptors (Lipinski definition) is 2. The molecule has 0 N–H and O–H groups in total. The second-order valence-corrected chi connectivity index (χ2v) is 3.92. The van der Waals surface area contributed by atoms with Gasteiger partial charge in [0.25, 0.3) is 0 Å². The van der Waals surface area contributed by atoms with Crippen molar-refractivity contribution in [2.75, 3.05) is 13.1 Å². The zero-order valence-corrected chi connectivity index (χ0v) is 8.29. The van der Waals surface area contributed by atoms with Crippen LogP contribution in [0.5, 0.6) is 0 Å². The van der Waals surface area contributed by atoms with Gasteiger partial charge in [-0.15, -0.1) is 0 Å². The van der Waals surface area contributed by atoms with Gasteiger partial charge in [0.05, 0.1) is 6.07 Å². The Balaban J connectivity index is 2.46. The molecular formula is C10H16N2O. The molecule has 1 aliphatic heterocycles. The lowest BCUT2D eigenvalue weighted by Crippen LogP contribution is -2.41. The number of nitriles is 1. The highest BCUT2D eigenvalue weighted by atomic mass is 16.2. The molecule has 0 aliphatic carbocycles. The molecule has 0 radical (unpaired) electrons. The van der Waals surface area contributed by atoms with E-state index in [1.165, 1.54) is 0 Å². The summed E-state index contributed by atoms with van der Waals surface area (Å²) >= 11 is 0. The second kappa shape index (κ2) is 4.27. The number of carbonyl (C=O) groups is 1. The molecule has 1 saturated heterocycles. The van der Waals surface area contributed by atoms with Crippen molar-refractivity contribution in [1.29, 1.82) is 5.26 Å². The molecule has 0 aromatic carbocycles. The van der Waals surface area contributed by atoms with E-state index in [0.29, 0.717) is 11.8 Å². The maximum absolute atomic E-state index is 11.4. The first-order chi connectivity index (χ1) is 6.15. The van der Waals surface area contributed by atoms with E-state index < -0.39 is 0 Å². The lowest BCUT2D eigenvalue weighted by atomic mass is 9.88.